The monoisotopic (exact) mass is 386 g/mol. The van der Waals surface area contributed by atoms with Crippen LogP contribution in [0.25, 0.3) is 0 Å². The molecule has 2 aliphatic rings. The number of carboxylic acid groups (broad SMARTS) is 1. The average molecular weight is 386 g/mol. The molecule has 1 atom stereocenters. The van der Waals surface area contributed by atoms with Gasteiger partial charge in [0.2, 0.25) is 0 Å². The van der Waals surface area contributed by atoms with E-state index in [4.69, 9.17) is 0 Å². The maximum atomic E-state index is 12.7. The molecular weight excluding hydrogens is 364 g/mol. The highest BCUT2D eigenvalue weighted by atomic mass is 32.1. The third-order valence-electron chi connectivity index (χ3n) is 5.17. The lowest BCUT2D eigenvalue weighted by atomic mass is 10.0. The van der Waals surface area contributed by atoms with Crippen LogP contribution in [0.15, 0.2) is 24.3 Å². The van der Waals surface area contributed by atoms with Crippen molar-refractivity contribution in [2.45, 2.75) is 31.8 Å². The third-order valence-corrected chi connectivity index (χ3v) is 6.17. The molecule has 142 valence electrons. The van der Waals surface area contributed by atoms with Crippen molar-refractivity contribution in [3.63, 3.8) is 0 Å². The Morgan fingerprint density at radius 2 is 2.19 bits per heavy atom. The quantitative estimate of drug-likeness (QED) is 0.846. The first-order chi connectivity index (χ1) is 13.0. The van der Waals surface area contributed by atoms with E-state index in [0.29, 0.717) is 17.2 Å². The summed E-state index contributed by atoms with van der Waals surface area (Å²) in [5.74, 6) is -0.212. The van der Waals surface area contributed by atoms with E-state index in [-0.39, 0.29) is 11.9 Å². The summed E-state index contributed by atoms with van der Waals surface area (Å²) in [7, 11) is 2.08. The lowest BCUT2D eigenvalue weighted by Crippen LogP contribution is -2.28. The van der Waals surface area contributed by atoms with E-state index in [9.17, 15) is 14.7 Å². The predicted molar refractivity (Wildman–Crippen MR) is 103 cm³/mol. The van der Waals surface area contributed by atoms with Crippen LogP contribution in [0.3, 0.4) is 0 Å². The number of thiazole rings is 1. The minimum Gasteiger partial charge on any atom is -0.465 e. The molecule has 1 aromatic carbocycles. The fourth-order valence-electron chi connectivity index (χ4n) is 3.78. The topological polar surface area (TPSA) is 85.8 Å². The summed E-state index contributed by atoms with van der Waals surface area (Å²) in [5, 5.41) is 12.9. The summed E-state index contributed by atoms with van der Waals surface area (Å²) in [5.41, 5.74) is 2.46. The van der Waals surface area contributed by atoms with E-state index in [1.54, 1.807) is 12.1 Å². The van der Waals surface area contributed by atoms with Crippen LogP contribution >= 0.6 is 11.3 Å². The van der Waals surface area contributed by atoms with Gasteiger partial charge in [-0.2, -0.15) is 0 Å². The molecule has 2 amide bonds. The fourth-order valence-corrected chi connectivity index (χ4v) is 4.86. The normalized spacial score (nSPS) is 19.7. The van der Waals surface area contributed by atoms with E-state index in [2.05, 4.69) is 22.2 Å². The maximum Gasteiger partial charge on any atom is 0.407 e. The molecular formula is C19H22N4O3S. The molecule has 2 N–H and O–H groups in total. The Labute approximate surface area is 161 Å². The molecule has 7 nitrogen and oxygen atoms in total. The molecule has 1 saturated heterocycles. The number of rotatable bonds is 3. The van der Waals surface area contributed by atoms with Crippen LogP contribution in [0.2, 0.25) is 0 Å². The lowest BCUT2D eigenvalue weighted by Gasteiger charge is -2.22. The minimum atomic E-state index is -0.911. The lowest BCUT2D eigenvalue weighted by molar-refractivity contribution is 0.102. The van der Waals surface area contributed by atoms with Crippen LogP contribution in [0.5, 0.6) is 0 Å². The first-order valence-electron chi connectivity index (χ1n) is 9.09. The number of carbonyl (C=O) groups excluding carboxylic acids is 1. The third kappa shape index (κ3) is 3.68. The molecule has 3 heterocycles. The summed E-state index contributed by atoms with van der Waals surface area (Å²) in [6, 6.07) is 7.06. The van der Waals surface area contributed by atoms with Crippen LogP contribution in [0, 0.1) is 0 Å². The van der Waals surface area contributed by atoms with E-state index in [1.807, 2.05) is 12.1 Å². The van der Waals surface area contributed by atoms with Crippen molar-refractivity contribution in [3.8, 4) is 0 Å². The highest BCUT2D eigenvalue weighted by Crippen LogP contribution is 2.32. The van der Waals surface area contributed by atoms with Crippen molar-refractivity contribution in [1.29, 1.82) is 0 Å². The van der Waals surface area contributed by atoms with Crippen molar-refractivity contribution in [2.75, 3.05) is 25.5 Å². The predicted octanol–water partition coefficient (Wildman–Crippen LogP) is 3.20. The number of hydrogen-bond acceptors (Lipinski definition) is 5. The highest BCUT2D eigenvalue weighted by Gasteiger charge is 2.30. The number of amides is 2. The zero-order valence-corrected chi connectivity index (χ0v) is 16.0. The number of nitrogens with one attached hydrogen (secondary N) is 1. The van der Waals surface area contributed by atoms with E-state index < -0.39 is 6.09 Å². The molecule has 27 heavy (non-hydrogen) atoms. The van der Waals surface area contributed by atoms with Gasteiger partial charge >= 0.3 is 6.09 Å². The number of anilines is 1. The molecule has 2 aliphatic heterocycles. The summed E-state index contributed by atoms with van der Waals surface area (Å²) in [4.78, 5) is 33.5. The van der Waals surface area contributed by atoms with Crippen LogP contribution < -0.4 is 5.32 Å². The molecule has 2 aromatic rings. The van der Waals surface area contributed by atoms with Gasteiger partial charge in [0, 0.05) is 36.5 Å². The number of carbonyl (C=O) groups is 2. The summed E-state index contributed by atoms with van der Waals surface area (Å²) in [6.07, 6.45) is 1.61. The standard InChI is InChI=1S/C19H22N4O3S/c1-22-9-7-14-16(11-22)27-18(20-14)21-17(24)13-5-2-4-12(10-13)15-6-3-8-23(15)19(25)26/h2,4-5,10,15H,3,6-9,11H2,1H3,(H,25,26)(H,20,21,24)/t15-/m1/s1. The second-order valence-corrected chi connectivity index (χ2v) is 8.17. The molecule has 0 aliphatic carbocycles. The molecule has 4 rings (SSSR count). The molecule has 1 fully saturated rings. The number of hydrogen-bond donors (Lipinski definition) is 2. The van der Waals surface area contributed by atoms with E-state index in [1.165, 1.54) is 21.1 Å². The van der Waals surface area contributed by atoms with Crippen molar-refractivity contribution in [3.05, 3.63) is 46.0 Å². The largest absolute Gasteiger partial charge is 0.465 e. The van der Waals surface area contributed by atoms with Gasteiger partial charge in [0.05, 0.1) is 11.7 Å². The van der Waals surface area contributed by atoms with Gasteiger partial charge in [-0.1, -0.05) is 12.1 Å². The van der Waals surface area contributed by atoms with Crippen molar-refractivity contribution < 1.29 is 14.7 Å². The van der Waals surface area contributed by atoms with Crippen molar-refractivity contribution >= 4 is 28.5 Å². The Balaban J connectivity index is 1.50. The zero-order valence-electron chi connectivity index (χ0n) is 15.1. The Morgan fingerprint density at radius 3 is 3.00 bits per heavy atom. The molecule has 0 bridgehead atoms. The van der Waals surface area contributed by atoms with Crippen LogP contribution in [0.4, 0.5) is 9.93 Å². The SMILES string of the molecule is CN1CCc2nc(NC(=O)c3cccc([C@H]4CCCN4C(=O)O)c3)sc2C1. The molecule has 0 unspecified atom stereocenters. The van der Waals surface area contributed by atoms with Crippen LogP contribution in [0.1, 0.15) is 45.4 Å². The Kier molecular flexibility index (Phi) is 4.84. The molecule has 0 saturated carbocycles. The number of likely N-dealkylation sites (tertiary alicyclic amines) is 1. The van der Waals surface area contributed by atoms with E-state index in [0.717, 1.165) is 43.6 Å². The summed E-state index contributed by atoms with van der Waals surface area (Å²) < 4.78 is 0. The smallest absolute Gasteiger partial charge is 0.407 e. The first-order valence-corrected chi connectivity index (χ1v) is 9.91. The number of likely N-dealkylation sites (N-methyl/N-ethyl adjacent to an activating group) is 1. The number of nitrogens with zero attached hydrogens (tertiary/aromatic N) is 3. The average Bonchev–Trinajstić information content (AvgIpc) is 3.28. The molecule has 8 heteroatoms. The molecule has 0 radical (unpaired) electrons. The summed E-state index contributed by atoms with van der Waals surface area (Å²) >= 11 is 1.53. The van der Waals surface area contributed by atoms with Gasteiger partial charge in [-0.15, -0.1) is 11.3 Å². The number of fused-ring (bicyclic) bond motifs is 1. The van der Waals surface area contributed by atoms with Crippen molar-refractivity contribution in [1.82, 2.24) is 14.8 Å². The van der Waals surface area contributed by atoms with Gasteiger partial charge in [0.25, 0.3) is 5.91 Å². The Hall–Kier alpha value is -2.45. The van der Waals surface area contributed by atoms with Gasteiger partial charge in [-0.25, -0.2) is 9.78 Å². The minimum absolute atomic E-state index is 0.182. The second-order valence-electron chi connectivity index (χ2n) is 7.09. The van der Waals surface area contributed by atoms with Crippen LogP contribution in [-0.2, 0) is 13.0 Å². The van der Waals surface area contributed by atoms with Gasteiger partial charge in [0.15, 0.2) is 5.13 Å². The number of benzene rings is 1. The Bertz CT molecular complexity index is 882. The summed E-state index contributed by atoms with van der Waals surface area (Å²) in [6.45, 7) is 2.38. The van der Waals surface area contributed by atoms with Crippen molar-refractivity contribution in [2.24, 2.45) is 0 Å². The maximum absolute atomic E-state index is 12.7. The van der Waals surface area contributed by atoms with Gasteiger partial charge < -0.3 is 14.9 Å². The van der Waals surface area contributed by atoms with Gasteiger partial charge in [-0.3, -0.25) is 10.1 Å². The first kappa shape index (κ1) is 17.9. The number of aromatic nitrogens is 1. The molecule has 1 aromatic heterocycles. The van der Waals surface area contributed by atoms with Crippen LogP contribution in [-0.4, -0.2) is 52.0 Å². The second kappa shape index (κ2) is 7.28. The highest BCUT2D eigenvalue weighted by molar-refractivity contribution is 7.15. The molecule has 0 spiro atoms. The van der Waals surface area contributed by atoms with Gasteiger partial charge in [0.1, 0.15) is 0 Å². The zero-order chi connectivity index (χ0) is 19.0. The Morgan fingerprint density at radius 1 is 1.33 bits per heavy atom. The van der Waals surface area contributed by atoms with Gasteiger partial charge in [-0.05, 0) is 37.6 Å². The fraction of sp³-hybridized carbons (Fsp3) is 0.421. The van der Waals surface area contributed by atoms with E-state index >= 15 is 0 Å².